The molecule has 1 aliphatic rings. The predicted octanol–water partition coefficient (Wildman–Crippen LogP) is 1.02. The summed E-state index contributed by atoms with van der Waals surface area (Å²) >= 11 is 0. The number of amides is 1. The lowest BCUT2D eigenvalue weighted by Crippen LogP contribution is -2.47. The molecule has 0 radical (unpaired) electrons. The van der Waals surface area contributed by atoms with Gasteiger partial charge in [-0.3, -0.25) is 9.69 Å². The van der Waals surface area contributed by atoms with Crippen LogP contribution < -0.4 is 0 Å². The van der Waals surface area contributed by atoms with Gasteiger partial charge >= 0.3 is 0 Å². The molecule has 0 aliphatic carbocycles. The number of likely N-dealkylation sites (N-methyl/N-ethyl adjacent to an activating group) is 1. The Morgan fingerprint density at radius 2 is 2.08 bits per heavy atom. The van der Waals surface area contributed by atoms with E-state index in [0.717, 1.165) is 11.4 Å². The summed E-state index contributed by atoms with van der Waals surface area (Å²) < 4.78 is 7.63. The second kappa shape index (κ2) is 7.11. The predicted molar refractivity (Wildman–Crippen MR) is 89.1 cm³/mol. The van der Waals surface area contributed by atoms with Gasteiger partial charge in [-0.15, -0.1) is 10.2 Å². The van der Waals surface area contributed by atoms with Crippen molar-refractivity contribution in [3.8, 4) is 0 Å². The number of nitrogens with zero attached hydrogens (tertiary/aromatic N) is 5. The van der Waals surface area contributed by atoms with Crippen LogP contribution in [0.5, 0.6) is 0 Å². The quantitative estimate of drug-likeness (QED) is 0.838. The molecule has 7 heteroatoms. The van der Waals surface area contributed by atoms with Gasteiger partial charge in [-0.25, -0.2) is 0 Å². The normalized spacial score (nSPS) is 19.5. The van der Waals surface area contributed by atoms with Crippen LogP contribution in [0.2, 0.25) is 0 Å². The first-order valence-electron chi connectivity index (χ1n) is 8.03. The zero-order valence-corrected chi connectivity index (χ0v) is 14.3. The van der Waals surface area contributed by atoms with Crippen LogP contribution in [-0.2, 0) is 16.6 Å². The minimum absolute atomic E-state index is 0.0849. The average Bonchev–Trinajstić information content (AvgIpc) is 3.02. The molecule has 2 atom stereocenters. The Labute approximate surface area is 141 Å². The van der Waals surface area contributed by atoms with Crippen LogP contribution >= 0.6 is 0 Å². The molecule has 2 heterocycles. The summed E-state index contributed by atoms with van der Waals surface area (Å²) in [5.74, 6) is 0.829. The molecule has 1 aliphatic heterocycles. The first-order chi connectivity index (χ1) is 11.6. The van der Waals surface area contributed by atoms with E-state index >= 15 is 0 Å². The molecule has 24 heavy (non-hydrogen) atoms. The van der Waals surface area contributed by atoms with Crippen LogP contribution in [0, 0.1) is 0 Å². The summed E-state index contributed by atoms with van der Waals surface area (Å²) in [4.78, 5) is 16.9. The molecule has 0 N–H and O–H groups in total. The van der Waals surface area contributed by atoms with Crippen LogP contribution in [0.25, 0.3) is 0 Å². The van der Waals surface area contributed by atoms with E-state index in [2.05, 4.69) is 10.2 Å². The second-order valence-corrected chi connectivity index (χ2v) is 6.22. The third kappa shape index (κ3) is 3.32. The molecule has 1 saturated heterocycles. The highest BCUT2D eigenvalue weighted by atomic mass is 16.5. The van der Waals surface area contributed by atoms with Gasteiger partial charge in [0.15, 0.2) is 5.82 Å². The minimum atomic E-state index is -0.301. The maximum Gasteiger partial charge on any atom is 0.244 e. The van der Waals surface area contributed by atoms with Crippen molar-refractivity contribution in [2.75, 3.05) is 33.8 Å². The monoisotopic (exact) mass is 329 g/mol. The molecule has 0 saturated carbocycles. The Morgan fingerprint density at radius 3 is 2.71 bits per heavy atom. The van der Waals surface area contributed by atoms with Crippen molar-refractivity contribution in [1.82, 2.24) is 24.6 Å². The fraction of sp³-hybridized carbons (Fsp3) is 0.471. The van der Waals surface area contributed by atoms with E-state index in [4.69, 9.17) is 4.74 Å². The Balaban J connectivity index is 1.79. The van der Waals surface area contributed by atoms with E-state index in [1.165, 1.54) is 0 Å². The van der Waals surface area contributed by atoms with Crippen LogP contribution in [0.15, 0.2) is 36.7 Å². The van der Waals surface area contributed by atoms with E-state index < -0.39 is 0 Å². The average molecular weight is 329 g/mol. The fourth-order valence-corrected chi connectivity index (χ4v) is 3.06. The van der Waals surface area contributed by atoms with Gasteiger partial charge in [-0.05, 0) is 19.7 Å². The van der Waals surface area contributed by atoms with Crippen LogP contribution in [-0.4, -0.2) is 64.3 Å². The molecule has 128 valence electrons. The Hall–Kier alpha value is -2.25. The summed E-state index contributed by atoms with van der Waals surface area (Å²) in [6.07, 6.45) is 1.40. The van der Waals surface area contributed by atoms with Crippen LogP contribution in [0.4, 0.5) is 0 Å². The van der Waals surface area contributed by atoms with Crippen molar-refractivity contribution >= 4 is 5.91 Å². The smallest absolute Gasteiger partial charge is 0.244 e. The molecule has 1 aromatic carbocycles. The number of carbonyl (C=O) groups is 1. The molecule has 1 aromatic heterocycles. The van der Waals surface area contributed by atoms with Gasteiger partial charge in [0, 0.05) is 13.6 Å². The Kier molecular flexibility index (Phi) is 4.92. The number of aryl methyl sites for hydroxylation is 1. The Morgan fingerprint density at radius 1 is 1.33 bits per heavy atom. The number of morpholine rings is 1. The number of hydrogen-bond donors (Lipinski definition) is 0. The molecular formula is C17H23N5O2. The molecule has 0 spiro atoms. The van der Waals surface area contributed by atoms with Crippen molar-refractivity contribution in [2.24, 2.45) is 7.05 Å². The zero-order valence-electron chi connectivity index (χ0n) is 14.3. The lowest BCUT2D eigenvalue weighted by molar-refractivity contribution is -0.144. The highest BCUT2D eigenvalue weighted by Gasteiger charge is 2.33. The number of benzene rings is 1. The summed E-state index contributed by atoms with van der Waals surface area (Å²) in [6, 6.07) is 9.55. The van der Waals surface area contributed by atoms with Crippen molar-refractivity contribution in [3.63, 3.8) is 0 Å². The molecule has 1 amide bonds. The minimum Gasteiger partial charge on any atom is -0.366 e. The fourth-order valence-electron chi connectivity index (χ4n) is 3.06. The van der Waals surface area contributed by atoms with E-state index in [-0.39, 0.29) is 18.1 Å². The number of carbonyl (C=O) groups excluding carboxylic acids is 1. The van der Waals surface area contributed by atoms with Crippen molar-refractivity contribution in [3.05, 3.63) is 48.0 Å². The van der Waals surface area contributed by atoms with Crippen LogP contribution in [0.1, 0.15) is 23.5 Å². The molecule has 7 nitrogen and oxygen atoms in total. The zero-order chi connectivity index (χ0) is 17.1. The van der Waals surface area contributed by atoms with Gasteiger partial charge in [-0.2, -0.15) is 0 Å². The maximum absolute atomic E-state index is 13.1. The molecule has 2 aromatic rings. The first-order valence-corrected chi connectivity index (χ1v) is 8.03. The number of ether oxygens (including phenoxy) is 1. The SMILES string of the molecule is CN(C)[C@H](C(=O)N1CCO[C@H](c2nncn2C)C1)c1ccccc1. The van der Waals surface area contributed by atoms with Gasteiger partial charge in [0.25, 0.3) is 0 Å². The van der Waals surface area contributed by atoms with E-state index in [1.54, 1.807) is 6.33 Å². The highest BCUT2D eigenvalue weighted by molar-refractivity contribution is 5.83. The topological polar surface area (TPSA) is 63.5 Å². The van der Waals surface area contributed by atoms with Crippen molar-refractivity contribution in [1.29, 1.82) is 0 Å². The summed E-state index contributed by atoms with van der Waals surface area (Å²) in [5.41, 5.74) is 0.995. The summed E-state index contributed by atoms with van der Waals surface area (Å²) in [6.45, 7) is 1.57. The molecule has 1 fully saturated rings. The highest BCUT2D eigenvalue weighted by Crippen LogP contribution is 2.25. The van der Waals surface area contributed by atoms with Crippen molar-refractivity contribution < 1.29 is 9.53 Å². The number of rotatable bonds is 4. The largest absolute Gasteiger partial charge is 0.366 e. The van der Waals surface area contributed by atoms with Gasteiger partial charge < -0.3 is 14.2 Å². The lowest BCUT2D eigenvalue weighted by atomic mass is 10.0. The van der Waals surface area contributed by atoms with Gasteiger partial charge in [0.05, 0.1) is 13.2 Å². The molecular weight excluding hydrogens is 306 g/mol. The van der Waals surface area contributed by atoms with E-state index in [9.17, 15) is 4.79 Å². The van der Waals surface area contributed by atoms with Gasteiger partial charge in [0.1, 0.15) is 18.5 Å². The number of aromatic nitrogens is 3. The maximum atomic E-state index is 13.1. The van der Waals surface area contributed by atoms with Crippen LogP contribution in [0.3, 0.4) is 0 Å². The van der Waals surface area contributed by atoms with Gasteiger partial charge in [0.2, 0.25) is 5.91 Å². The third-order valence-electron chi connectivity index (χ3n) is 4.28. The van der Waals surface area contributed by atoms with Crippen molar-refractivity contribution in [2.45, 2.75) is 12.1 Å². The van der Waals surface area contributed by atoms with Gasteiger partial charge in [-0.1, -0.05) is 30.3 Å². The Bertz CT molecular complexity index is 685. The summed E-state index contributed by atoms with van der Waals surface area (Å²) in [5, 5.41) is 8.01. The summed E-state index contributed by atoms with van der Waals surface area (Å²) in [7, 11) is 5.73. The molecule has 0 bridgehead atoms. The second-order valence-electron chi connectivity index (χ2n) is 6.22. The first kappa shape index (κ1) is 16.6. The van der Waals surface area contributed by atoms with E-state index in [1.807, 2.05) is 65.8 Å². The molecule has 0 unspecified atom stereocenters. The lowest BCUT2D eigenvalue weighted by Gasteiger charge is -2.36. The third-order valence-corrected chi connectivity index (χ3v) is 4.28. The standard InChI is InChI=1S/C17H23N5O2/c1-20(2)15(13-7-5-4-6-8-13)17(23)22-9-10-24-14(11-22)16-19-18-12-21(16)3/h4-8,12,14-15H,9-11H2,1-3H3/t14-,15-/m0/s1. The molecule has 3 rings (SSSR count). The van der Waals surface area contributed by atoms with E-state index in [0.29, 0.717) is 19.7 Å². The number of hydrogen-bond acceptors (Lipinski definition) is 5.